The van der Waals surface area contributed by atoms with Gasteiger partial charge >= 0.3 is 5.97 Å². The zero-order chi connectivity index (χ0) is 13.1. The average molecular weight is 237 g/mol. The Balaban J connectivity index is 2.99. The Hall–Kier alpha value is -1.55. The second-order valence-electron chi connectivity index (χ2n) is 4.45. The smallest absolute Gasteiger partial charge is 0.323 e. The number of hydrogen-bond donors (Lipinski definition) is 1. The maximum Gasteiger partial charge on any atom is 0.323 e. The normalized spacial score (nSPS) is 13.0. The van der Waals surface area contributed by atoms with Gasteiger partial charge in [-0.05, 0) is 17.7 Å². The third-order valence-electron chi connectivity index (χ3n) is 3.07. The summed E-state index contributed by atoms with van der Waals surface area (Å²) < 4.78 is 9.76. The summed E-state index contributed by atoms with van der Waals surface area (Å²) in [7, 11) is 2.95. The van der Waals surface area contributed by atoms with Crippen LogP contribution in [0.5, 0.6) is 5.75 Å². The predicted molar refractivity (Wildman–Crippen MR) is 66.0 cm³/mol. The molecule has 4 nitrogen and oxygen atoms in total. The molecular weight excluding hydrogens is 218 g/mol. The number of carbonyl (C=O) groups excluding carboxylic acids is 1. The largest absolute Gasteiger partial charge is 0.497 e. The van der Waals surface area contributed by atoms with Crippen molar-refractivity contribution in [3.8, 4) is 5.75 Å². The summed E-state index contributed by atoms with van der Waals surface area (Å²) in [6, 6.07) is 6.81. The molecule has 0 amide bonds. The standard InChI is InChI=1S/C13H19NO3/c1-13(2,11(14)12(15)17-4)9-5-7-10(16-3)8-6-9/h5-8,11H,14H2,1-4H3. The summed E-state index contributed by atoms with van der Waals surface area (Å²) in [4.78, 5) is 11.5. The number of nitrogens with two attached hydrogens (primary N) is 1. The second kappa shape index (κ2) is 5.19. The van der Waals surface area contributed by atoms with Crippen molar-refractivity contribution in [2.75, 3.05) is 14.2 Å². The lowest BCUT2D eigenvalue weighted by molar-refractivity contribution is -0.143. The SMILES string of the molecule is COC(=O)C(N)C(C)(C)c1ccc(OC)cc1. The quantitative estimate of drug-likeness (QED) is 0.806. The Morgan fingerprint density at radius 3 is 2.18 bits per heavy atom. The zero-order valence-corrected chi connectivity index (χ0v) is 10.7. The third kappa shape index (κ3) is 2.77. The number of esters is 1. The van der Waals surface area contributed by atoms with Crippen molar-refractivity contribution in [2.45, 2.75) is 25.3 Å². The molecule has 0 spiro atoms. The van der Waals surface area contributed by atoms with E-state index in [1.54, 1.807) is 7.11 Å². The number of hydrogen-bond acceptors (Lipinski definition) is 4. The zero-order valence-electron chi connectivity index (χ0n) is 10.7. The molecule has 0 saturated heterocycles. The molecule has 0 bridgehead atoms. The number of methoxy groups -OCH3 is 2. The van der Waals surface area contributed by atoms with Gasteiger partial charge in [0, 0.05) is 5.41 Å². The van der Waals surface area contributed by atoms with Crippen molar-refractivity contribution in [1.29, 1.82) is 0 Å². The van der Waals surface area contributed by atoms with Crippen LogP contribution in [0.15, 0.2) is 24.3 Å². The lowest BCUT2D eigenvalue weighted by Crippen LogP contribution is -2.47. The van der Waals surface area contributed by atoms with Crippen LogP contribution < -0.4 is 10.5 Å². The highest BCUT2D eigenvalue weighted by atomic mass is 16.5. The highest BCUT2D eigenvalue weighted by molar-refractivity contribution is 5.77. The monoisotopic (exact) mass is 237 g/mol. The Kier molecular flexibility index (Phi) is 4.12. The second-order valence-corrected chi connectivity index (χ2v) is 4.45. The van der Waals surface area contributed by atoms with Crippen LogP contribution in [-0.4, -0.2) is 26.2 Å². The summed E-state index contributed by atoms with van der Waals surface area (Å²) in [5.41, 5.74) is 6.38. The van der Waals surface area contributed by atoms with Crippen LogP contribution in [0.2, 0.25) is 0 Å². The fraction of sp³-hybridized carbons (Fsp3) is 0.462. The molecule has 1 unspecified atom stereocenters. The van der Waals surface area contributed by atoms with Gasteiger partial charge in [0.05, 0.1) is 14.2 Å². The van der Waals surface area contributed by atoms with E-state index in [0.717, 1.165) is 11.3 Å². The first kappa shape index (κ1) is 13.5. The molecule has 1 rings (SSSR count). The summed E-state index contributed by atoms with van der Waals surface area (Å²) in [5, 5.41) is 0. The van der Waals surface area contributed by atoms with Crippen molar-refractivity contribution in [3.63, 3.8) is 0 Å². The molecule has 0 aliphatic carbocycles. The van der Waals surface area contributed by atoms with Gasteiger partial charge in [-0.15, -0.1) is 0 Å². The van der Waals surface area contributed by atoms with Crippen molar-refractivity contribution < 1.29 is 14.3 Å². The highest BCUT2D eigenvalue weighted by Gasteiger charge is 2.34. The summed E-state index contributed by atoms with van der Waals surface area (Å²) >= 11 is 0. The number of carbonyl (C=O) groups is 1. The van der Waals surface area contributed by atoms with E-state index in [4.69, 9.17) is 10.5 Å². The summed E-state index contributed by atoms with van der Waals surface area (Å²) in [6.07, 6.45) is 0. The van der Waals surface area contributed by atoms with E-state index in [-0.39, 0.29) is 0 Å². The van der Waals surface area contributed by atoms with Crippen LogP contribution in [0, 0.1) is 0 Å². The first-order chi connectivity index (χ1) is 7.93. The van der Waals surface area contributed by atoms with Crippen molar-refractivity contribution in [1.82, 2.24) is 0 Å². The Labute approximate surface area is 102 Å². The minimum Gasteiger partial charge on any atom is -0.497 e. The minimum absolute atomic E-state index is 0.411. The Morgan fingerprint density at radius 2 is 1.76 bits per heavy atom. The van der Waals surface area contributed by atoms with Crippen LogP contribution in [0.4, 0.5) is 0 Å². The molecule has 0 fully saturated rings. The molecule has 2 N–H and O–H groups in total. The minimum atomic E-state index is -0.694. The van der Waals surface area contributed by atoms with Gasteiger partial charge < -0.3 is 15.2 Å². The molecule has 0 aromatic heterocycles. The van der Waals surface area contributed by atoms with Crippen LogP contribution >= 0.6 is 0 Å². The fourth-order valence-corrected chi connectivity index (χ4v) is 1.62. The van der Waals surface area contributed by atoms with Gasteiger partial charge in [-0.2, -0.15) is 0 Å². The highest BCUT2D eigenvalue weighted by Crippen LogP contribution is 2.28. The molecular formula is C13H19NO3. The maximum absolute atomic E-state index is 11.5. The van der Waals surface area contributed by atoms with Gasteiger partial charge in [0.15, 0.2) is 0 Å². The van der Waals surface area contributed by atoms with E-state index in [2.05, 4.69) is 4.74 Å². The topological polar surface area (TPSA) is 61.5 Å². The van der Waals surface area contributed by atoms with Crippen LogP contribution in [0.1, 0.15) is 19.4 Å². The summed E-state index contributed by atoms with van der Waals surface area (Å²) in [6.45, 7) is 3.83. The molecule has 1 aromatic carbocycles. The molecule has 1 aromatic rings. The van der Waals surface area contributed by atoms with E-state index in [1.165, 1.54) is 7.11 Å². The molecule has 4 heteroatoms. The number of ether oxygens (including phenoxy) is 2. The Morgan fingerprint density at radius 1 is 1.24 bits per heavy atom. The van der Waals surface area contributed by atoms with Crippen LogP contribution in [0.25, 0.3) is 0 Å². The van der Waals surface area contributed by atoms with E-state index in [0.29, 0.717) is 0 Å². The molecule has 1 atom stereocenters. The third-order valence-corrected chi connectivity index (χ3v) is 3.07. The number of benzene rings is 1. The van der Waals surface area contributed by atoms with Gasteiger partial charge in [-0.3, -0.25) is 4.79 Å². The maximum atomic E-state index is 11.5. The molecule has 0 radical (unpaired) electrons. The molecule has 0 aliphatic rings. The van der Waals surface area contributed by atoms with Crippen LogP contribution in [-0.2, 0) is 14.9 Å². The van der Waals surface area contributed by atoms with Gasteiger partial charge in [-0.1, -0.05) is 26.0 Å². The molecule has 0 heterocycles. The molecule has 0 aliphatic heterocycles. The molecule has 94 valence electrons. The van der Waals surface area contributed by atoms with Gasteiger partial charge in [0.25, 0.3) is 0 Å². The van der Waals surface area contributed by atoms with Gasteiger partial charge in [-0.25, -0.2) is 0 Å². The first-order valence-electron chi connectivity index (χ1n) is 5.41. The van der Waals surface area contributed by atoms with E-state index < -0.39 is 17.4 Å². The van der Waals surface area contributed by atoms with Gasteiger partial charge in [0.2, 0.25) is 0 Å². The Bertz CT molecular complexity index is 384. The van der Waals surface area contributed by atoms with Crippen molar-refractivity contribution in [3.05, 3.63) is 29.8 Å². The van der Waals surface area contributed by atoms with Gasteiger partial charge in [0.1, 0.15) is 11.8 Å². The fourth-order valence-electron chi connectivity index (χ4n) is 1.62. The van der Waals surface area contributed by atoms with E-state index in [1.807, 2.05) is 38.1 Å². The van der Waals surface area contributed by atoms with E-state index in [9.17, 15) is 4.79 Å². The van der Waals surface area contributed by atoms with Crippen LogP contribution in [0.3, 0.4) is 0 Å². The molecule has 17 heavy (non-hydrogen) atoms. The average Bonchev–Trinajstić information content (AvgIpc) is 2.36. The van der Waals surface area contributed by atoms with E-state index >= 15 is 0 Å². The lowest BCUT2D eigenvalue weighted by atomic mass is 9.78. The predicted octanol–water partition coefficient (Wildman–Crippen LogP) is 1.47. The first-order valence-corrected chi connectivity index (χ1v) is 5.41. The lowest BCUT2D eigenvalue weighted by Gasteiger charge is -2.30. The van der Waals surface area contributed by atoms with Crippen molar-refractivity contribution in [2.24, 2.45) is 5.73 Å². The molecule has 0 saturated carbocycles. The van der Waals surface area contributed by atoms with Crippen molar-refractivity contribution >= 4 is 5.97 Å². The summed E-state index contributed by atoms with van der Waals surface area (Å²) in [5.74, 6) is 0.363. The number of rotatable bonds is 4.